The van der Waals surface area contributed by atoms with E-state index >= 15 is 0 Å². The van der Waals surface area contributed by atoms with Gasteiger partial charge in [-0.3, -0.25) is 14.8 Å². The van der Waals surface area contributed by atoms with Crippen molar-refractivity contribution in [2.24, 2.45) is 47.3 Å². The molecule has 0 bridgehead atoms. The van der Waals surface area contributed by atoms with Crippen LogP contribution in [0.4, 0.5) is 0 Å². The molecule has 2 aliphatic carbocycles. The Kier molecular flexibility index (Phi) is 12.0. The third-order valence-corrected chi connectivity index (χ3v) is 12.2. The van der Waals surface area contributed by atoms with Gasteiger partial charge in [0, 0.05) is 47.1 Å². The van der Waals surface area contributed by atoms with Gasteiger partial charge in [0.25, 0.3) is 0 Å². The van der Waals surface area contributed by atoms with Gasteiger partial charge in [-0.15, -0.1) is 0 Å². The van der Waals surface area contributed by atoms with E-state index in [-0.39, 0.29) is 29.7 Å². The van der Waals surface area contributed by atoms with Gasteiger partial charge in [0.05, 0.1) is 34.7 Å². The van der Waals surface area contributed by atoms with Crippen LogP contribution in [0.5, 0.6) is 0 Å². The predicted octanol–water partition coefficient (Wildman–Crippen LogP) is 10.2. The number of hydrogen-bond acceptors (Lipinski definition) is 5. The summed E-state index contributed by atoms with van der Waals surface area (Å²) in [6.07, 6.45) is 17.2. The number of nitriles is 2. The van der Waals surface area contributed by atoms with Crippen LogP contribution in [0.2, 0.25) is 0 Å². The van der Waals surface area contributed by atoms with Crippen molar-refractivity contribution in [1.29, 1.82) is 10.5 Å². The molecule has 2 saturated carbocycles. The third kappa shape index (κ3) is 8.66. The average molecular weight is 701 g/mol. The maximum Gasteiger partial charge on any atom is 0.220 e. The molecule has 6 rings (SSSR count). The van der Waals surface area contributed by atoms with E-state index < -0.39 is 0 Å². The average Bonchev–Trinajstić information content (AvgIpc) is 3.18. The van der Waals surface area contributed by atoms with Gasteiger partial charge in [-0.05, 0) is 103 Å². The molecule has 0 aliphatic heterocycles. The summed E-state index contributed by atoms with van der Waals surface area (Å²) in [6, 6.07) is 27.9. The molecule has 2 aliphatic rings. The summed E-state index contributed by atoms with van der Waals surface area (Å²) in [5.41, 5.74) is 6.65. The van der Waals surface area contributed by atoms with E-state index in [1.165, 1.54) is 0 Å². The van der Waals surface area contributed by atoms with Crippen molar-refractivity contribution in [3.8, 4) is 34.4 Å². The highest BCUT2D eigenvalue weighted by atomic mass is 16.1. The molecule has 1 N–H and O–H groups in total. The van der Waals surface area contributed by atoms with Gasteiger partial charge in [0.2, 0.25) is 5.91 Å². The fourth-order valence-corrected chi connectivity index (χ4v) is 8.46. The van der Waals surface area contributed by atoms with Crippen molar-refractivity contribution in [3.05, 3.63) is 126 Å². The van der Waals surface area contributed by atoms with Crippen LogP contribution in [0.3, 0.4) is 0 Å². The highest BCUT2D eigenvalue weighted by Crippen LogP contribution is 2.42. The first-order valence-corrected chi connectivity index (χ1v) is 19.1. The van der Waals surface area contributed by atoms with Crippen molar-refractivity contribution in [2.45, 2.75) is 59.9 Å². The molecule has 2 unspecified atom stereocenters. The summed E-state index contributed by atoms with van der Waals surface area (Å²) in [5, 5.41) is 22.5. The summed E-state index contributed by atoms with van der Waals surface area (Å²) in [7, 11) is 0. The Hall–Kier alpha value is -5.33. The zero-order valence-electron chi connectivity index (χ0n) is 31.5. The van der Waals surface area contributed by atoms with Crippen LogP contribution in [0.1, 0.15) is 76.4 Å². The number of aromatic nitrogens is 2. The summed E-state index contributed by atoms with van der Waals surface area (Å²) in [6.45, 7) is 11.5. The SMILES string of the molecule is CC1C(NC(=O)C[C@H]2[CH]C[C@H](C)[C@@H](C)[C@@H]2/C=C/c2ccc(-c3ccccc3C#N)cn2)C[C@H](C)[C@@H](C)[C@@H]1/C=C/c1ccc(-c2ccccc2C#N)cn1. The molecule has 4 aromatic rings. The summed E-state index contributed by atoms with van der Waals surface area (Å²) >= 11 is 0. The Balaban J connectivity index is 1.10. The van der Waals surface area contributed by atoms with Crippen LogP contribution in [0.25, 0.3) is 34.4 Å². The number of carbonyl (C=O) groups is 1. The summed E-state index contributed by atoms with van der Waals surface area (Å²) < 4.78 is 0. The number of hydrogen-bond donors (Lipinski definition) is 1. The molecule has 1 radical (unpaired) electrons. The van der Waals surface area contributed by atoms with Gasteiger partial charge in [0.15, 0.2) is 0 Å². The van der Waals surface area contributed by atoms with Crippen LogP contribution < -0.4 is 5.32 Å². The lowest BCUT2D eigenvalue weighted by molar-refractivity contribution is -0.124. The standard InChI is InChI=1S/C47H50N5O/c1-30-14-15-35(43(32(30)3)23-21-41-19-17-39(29-51-41)45-13-9-7-11-37(45)27-49)25-47(53)52-46-24-31(2)33(4)42(34(46)5)22-20-40-18-16-38(28-50-40)44-12-8-6-10-36(44)26-48/h6-13,15-23,28-35,42-43,46H,14,24-25H2,1-5H3,(H,52,53)/b22-20+,23-21+/t30-,31-,32+,33+,34?,35+,42-,43-,46?/m0/s1. The zero-order valence-corrected chi connectivity index (χ0v) is 31.5. The molecule has 2 heterocycles. The number of carbonyl (C=O) groups excluding carboxylic acids is 1. The molecule has 2 fully saturated rings. The summed E-state index contributed by atoms with van der Waals surface area (Å²) in [4.78, 5) is 23.2. The van der Waals surface area contributed by atoms with Gasteiger partial charge < -0.3 is 5.32 Å². The minimum atomic E-state index is 0.101. The number of allylic oxidation sites excluding steroid dienone is 2. The van der Waals surface area contributed by atoms with Gasteiger partial charge in [0.1, 0.15) is 0 Å². The van der Waals surface area contributed by atoms with Crippen LogP contribution >= 0.6 is 0 Å². The smallest absolute Gasteiger partial charge is 0.220 e. The highest BCUT2D eigenvalue weighted by Gasteiger charge is 2.39. The highest BCUT2D eigenvalue weighted by molar-refractivity contribution is 5.77. The second-order valence-corrected chi connectivity index (χ2v) is 15.4. The van der Waals surface area contributed by atoms with E-state index in [0.29, 0.717) is 47.1 Å². The van der Waals surface area contributed by atoms with Crippen LogP contribution in [-0.2, 0) is 4.79 Å². The lowest BCUT2D eigenvalue weighted by Gasteiger charge is -2.43. The van der Waals surface area contributed by atoms with Crippen molar-refractivity contribution in [1.82, 2.24) is 15.3 Å². The van der Waals surface area contributed by atoms with E-state index in [4.69, 9.17) is 9.97 Å². The second-order valence-electron chi connectivity index (χ2n) is 15.4. The molecule has 6 heteroatoms. The van der Waals surface area contributed by atoms with Crippen LogP contribution in [0.15, 0.2) is 97.3 Å². The van der Waals surface area contributed by atoms with E-state index in [1.54, 1.807) is 0 Å². The number of benzene rings is 2. The molecule has 269 valence electrons. The second kappa shape index (κ2) is 17.0. The molecule has 53 heavy (non-hydrogen) atoms. The zero-order chi connectivity index (χ0) is 37.5. The normalized spacial score (nSPS) is 27.3. The first kappa shape index (κ1) is 37.4. The Morgan fingerprint density at radius 3 is 1.77 bits per heavy atom. The fraction of sp³-hybridized carbons (Fsp3) is 0.362. The predicted molar refractivity (Wildman–Crippen MR) is 213 cm³/mol. The van der Waals surface area contributed by atoms with Gasteiger partial charge in [-0.25, -0.2) is 0 Å². The van der Waals surface area contributed by atoms with E-state index in [2.05, 4.69) is 82.8 Å². The lowest BCUT2D eigenvalue weighted by Crippen LogP contribution is -2.49. The number of nitrogens with zero attached hydrogens (tertiary/aromatic N) is 4. The Bertz CT molecular complexity index is 2020. The number of nitrogens with one attached hydrogen (secondary N) is 1. The van der Waals surface area contributed by atoms with Gasteiger partial charge >= 0.3 is 0 Å². The molecule has 2 aromatic heterocycles. The van der Waals surface area contributed by atoms with Crippen LogP contribution in [0, 0.1) is 76.4 Å². The fourth-order valence-electron chi connectivity index (χ4n) is 8.46. The molecule has 9 atom stereocenters. The van der Waals surface area contributed by atoms with Gasteiger partial charge in [-0.1, -0.05) is 95.3 Å². The van der Waals surface area contributed by atoms with Crippen molar-refractivity contribution < 1.29 is 4.79 Å². The van der Waals surface area contributed by atoms with E-state index in [0.717, 1.165) is 46.5 Å². The van der Waals surface area contributed by atoms with E-state index in [9.17, 15) is 15.3 Å². The minimum Gasteiger partial charge on any atom is -0.353 e. The molecule has 6 nitrogen and oxygen atoms in total. The summed E-state index contributed by atoms with van der Waals surface area (Å²) in [5.74, 6) is 3.00. The number of rotatable bonds is 9. The third-order valence-electron chi connectivity index (χ3n) is 12.2. The largest absolute Gasteiger partial charge is 0.353 e. The monoisotopic (exact) mass is 700 g/mol. The number of pyridine rings is 2. The first-order valence-electron chi connectivity index (χ1n) is 19.1. The molecular formula is C47H50N5O. The van der Waals surface area contributed by atoms with Crippen molar-refractivity contribution in [3.63, 3.8) is 0 Å². The topological polar surface area (TPSA) is 102 Å². The van der Waals surface area contributed by atoms with Crippen molar-refractivity contribution >= 4 is 18.1 Å². The Morgan fingerprint density at radius 1 is 0.717 bits per heavy atom. The maximum atomic E-state index is 13.8. The Morgan fingerprint density at radius 2 is 1.25 bits per heavy atom. The van der Waals surface area contributed by atoms with Crippen LogP contribution in [-0.4, -0.2) is 21.9 Å². The van der Waals surface area contributed by atoms with E-state index in [1.807, 2.05) is 85.2 Å². The lowest BCUT2D eigenvalue weighted by atomic mass is 9.65. The quantitative estimate of drug-likeness (QED) is 0.187. The molecule has 0 saturated heterocycles. The molecular weight excluding hydrogens is 651 g/mol. The molecule has 2 aromatic carbocycles. The number of amides is 1. The van der Waals surface area contributed by atoms with Crippen molar-refractivity contribution in [2.75, 3.05) is 0 Å². The first-order chi connectivity index (χ1) is 25.7. The molecule has 0 spiro atoms. The molecule has 1 amide bonds. The van der Waals surface area contributed by atoms with Gasteiger partial charge in [-0.2, -0.15) is 10.5 Å². The minimum absolute atomic E-state index is 0.101. The maximum absolute atomic E-state index is 13.8. The Labute approximate surface area is 315 Å².